The quantitative estimate of drug-likeness (QED) is 0.580. The molecule has 1 aromatic carbocycles. The van der Waals surface area contributed by atoms with Crippen LogP contribution in [0, 0.1) is 5.41 Å². The minimum absolute atomic E-state index is 0.135. The molecule has 2 fully saturated rings. The zero-order valence-electron chi connectivity index (χ0n) is 18.3. The van der Waals surface area contributed by atoms with Crippen LogP contribution in [0.2, 0.25) is 0 Å². The minimum Gasteiger partial charge on any atom is -0.466 e. The molecule has 6 heteroatoms. The summed E-state index contributed by atoms with van der Waals surface area (Å²) in [6, 6.07) is 10.4. The van der Waals surface area contributed by atoms with Crippen LogP contribution < -0.4 is 0 Å². The number of benzene rings is 1. The number of carbonyl (C=O) groups is 2. The molecule has 0 bridgehead atoms. The number of esters is 1. The second kappa shape index (κ2) is 11.5. The molecule has 1 unspecified atom stereocenters. The van der Waals surface area contributed by atoms with Crippen molar-refractivity contribution in [3.05, 3.63) is 35.9 Å². The fraction of sp³-hybridized carbons (Fsp3) is 0.667. The van der Waals surface area contributed by atoms with Crippen molar-refractivity contribution in [2.45, 2.75) is 45.4 Å². The van der Waals surface area contributed by atoms with Crippen molar-refractivity contribution in [2.24, 2.45) is 5.41 Å². The van der Waals surface area contributed by atoms with Crippen LogP contribution in [0.25, 0.3) is 0 Å². The number of amides is 1. The molecule has 3 rings (SSSR count). The topological polar surface area (TPSA) is 59.1 Å². The van der Waals surface area contributed by atoms with Crippen LogP contribution in [0.1, 0.15) is 44.6 Å². The summed E-state index contributed by atoms with van der Waals surface area (Å²) in [6.45, 7) is 7.48. The van der Waals surface area contributed by atoms with Crippen molar-refractivity contribution in [3.63, 3.8) is 0 Å². The van der Waals surface area contributed by atoms with Gasteiger partial charge >= 0.3 is 5.97 Å². The number of morpholine rings is 1. The number of carbonyl (C=O) groups excluding carboxylic acids is 2. The van der Waals surface area contributed by atoms with E-state index in [1.165, 1.54) is 5.56 Å². The number of nitrogens with zero attached hydrogens (tertiary/aromatic N) is 2. The molecular formula is C24H36N2O4. The van der Waals surface area contributed by atoms with E-state index < -0.39 is 5.41 Å². The Hall–Kier alpha value is -1.92. The second-order valence-electron chi connectivity index (χ2n) is 8.46. The number of aryl methyl sites for hydroxylation is 1. The van der Waals surface area contributed by atoms with Gasteiger partial charge < -0.3 is 14.4 Å². The highest BCUT2D eigenvalue weighted by molar-refractivity contribution is 5.81. The SMILES string of the molecule is CCOC(=O)C1(CCCc2ccccc2)CCCN(C(=O)CCN2CCOCC2)C1. The molecule has 1 amide bonds. The van der Waals surface area contributed by atoms with Gasteiger partial charge in [-0.25, -0.2) is 0 Å². The normalized spacial score (nSPS) is 22.6. The molecule has 1 aromatic rings. The summed E-state index contributed by atoms with van der Waals surface area (Å²) in [4.78, 5) is 30.1. The maximum Gasteiger partial charge on any atom is 0.313 e. The van der Waals surface area contributed by atoms with Crippen molar-refractivity contribution in [2.75, 3.05) is 52.5 Å². The maximum absolute atomic E-state index is 13.0. The van der Waals surface area contributed by atoms with Crippen molar-refractivity contribution in [1.82, 2.24) is 9.80 Å². The van der Waals surface area contributed by atoms with Gasteiger partial charge in [-0.15, -0.1) is 0 Å². The predicted molar refractivity (Wildman–Crippen MR) is 116 cm³/mol. The Morgan fingerprint density at radius 2 is 1.90 bits per heavy atom. The molecule has 0 spiro atoms. The van der Waals surface area contributed by atoms with Crippen molar-refractivity contribution in [1.29, 1.82) is 0 Å². The molecule has 6 nitrogen and oxygen atoms in total. The Bertz CT molecular complexity index is 675. The zero-order chi connectivity index (χ0) is 21.2. The van der Waals surface area contributed by atoms with Crippen LogP contribution in [0.4, 0.5) is 0 Å². The summed E-state index contributed by atoms with van der Waals surface area (Å²) in [5.74, 6) is 0.0154. The Labute approximate surface area is 180 Å². The van der Waals surface area contributed by atoms with Crippen molar-refractivity contribution >= 4 is 11.9 Å². The second-order valence-corrected chi connectivity index (χ2v) is 8.46. The lowest BCUT2D eigenvalue weighted by Gasteiger charge is -2.41. The molecule has 0 radical (unpaired) electrons. The molecular weight excluding hydrogens is 380 g/mol. The fourth-order valence-corrected chi connectivity index (χ4v) is 4.61. The van der Waals surface area contributed by atoms with Gasteiger partial charge in [-0.3, -0.25) is 14.5 Å². The van der Waals surface area contributed by atoms with Crippen molar-refractivity contribution in [3.8, 4) is 0 Å². The molecule has 2 aliphatic rings. The molecule has 2 heterocycles. The third-order valence-electron chi connectivity index (χ3n) is 6.35. The van der Waals surface area contributed by atoms with Gasteiger partial charge in [-0.2, -0.15) is 0 Å². The number of likely N-dealkylation sites (tertiary alicyclic amines) is 1. The van der Waals surface area contributed by atoms with E-state index in [9.17, 15) is 9.59 Å². The average molecular weight is 417 g/mol. The van der Waals surface area contributed by atoms with E-state index in [0.717, 1.165) is 71.5 Å². The van der Waals surface area contributed by atoms with Crippen LogP contribution in [0.5, 0.6) is 0 Å². The average Bonchev–Trinajstić information content (AvgIpc) is 2.79. The molecule has 2 saturated heterocycles. The summed E-state index contributed by atoms with van der Waals surface area (Å²) in [6.07, 6.45) is 4.77. The summed E-state index contributed by atoms with van der Waals surface area (Å²) >= 11 is 0. The largest absolute Gasteiger partial charge is 0.466 e. The molecule has 0 aromatic heterocycles. The molecule has 30 heavy (non-hydrogen) atoms. The van der Waals surface area contributed by atoms with Gasteiger partial charge in [0.1, 0.15) is 0 Å². The van der Waals surface area contributed by atoms with Gasteiger partial charge in [-0.05, 0) is 44.6 Å². The fourth-order valence-electron chi connectivity index (χ4n) is 4.61. The highest BCUT2D eigenvalue weighted by atomic mass is 16.5. The monoisotopic (exact) mass is 416 g/mol. The van der Waals surface area contributed by atoms with Crippen molar-refractivity contribution < 1.29 is 19.1 Å². The van der Waals surface area contributed by atoms with E-state index in [1.807, 2.05) is 30.0 Å². The number of piperidine rings is 1. The minimum atomic E-state index is -0.572. The summed E-state index contributed by atoms with van der Waals surface area (Å²) in [7, 11) is 0. The van der Waals surface area contributed by atoms with Gasteiger partial charge in [0.05, 0.1) is 25.2 Å². The maximum atomic E-state index is 13.0. The molecule has 0 saturated carbocycles. The Morgan fingerprint density at radius 3 is 2.63 bits per heavy atom. The first kappa shape index (κ1) is 22.8. The van der Waals surface area contributed by atoms with Gasteiger partial charge in [-0.1, -0.05) is 30.3 Å². The first-order chi connectivity index (χ1) is 14.6. The molecule has 1 atom stereocenters. The van der Waals surface area contributed by atoms with Crippen LogP contribution in [0.3, 0.4) is 0 Å². The van der Waals surface area contributed by atoms with Crippen LogP contribution in [0.15, 0.2) is 30.3 Å². The van der Waals surface area contributed by atoms with E-state index in [2.05, 4.69) is 17.0 Å². The summed E-state index contributed by atoms with van der Waals surface area (Å²) in [5, 5.41) is 0. The van der Waals surface area contributed by atoms with Crippen LogP contribution >= 0.6 is 0 Å². The van der Waals surface area contributed by atoms with Gasteiger partial charge in [0.15, 0.2) is 0 Å². The smallest absolute Gasteiger partial charge is 0.313 e. The van der Waals surface area contributed by atoms with E-state index in [4.69, 9.17) is 9.47 Å². The molecule has 166 valence electrons. The highest BCUT2D eigenvalue weighted by Crippen LogP contribution is 2.37. The molecule has 0 N–H and O–H groups in total. The van der Waals surface area contributed by atoms with E-state index in [1.54, 1.807) is 0 Å². The number of hydrogen-bond acceptors (Lipinski definition) is 5. The lowest BCUT2D eigenvalue weighted by atomic mass is 9.75. The van der Waals surface area contributed by atoms with Gasteiger partial charge in [0.25, 0.3) is 0 Å². The third kappa shape index (κ3) is 6.29. The van der Waals surface area contributed by atoms with E-state index in [0.29, 0.717) is 19.6 Å². The molecule has 0 aliphatic carbocycles. The first-order valence-electron chi connectivity index (χ1n) is 11.4. The predicted octanol–water partition coefficient (Wildman–Crippen LogP) is 2.90. The first-order valence-corrected chi connectivity index (χ1v) is 11.4. The lowest BCUT2D eigenvalue weighted by molar-refractivity contribution is -0.161. The number of ether oxygens (including phenoxy) is 2. The van der Waals surface area contributed by atoms with E-state index in [-0.39, 0.29) is 11.9 Å². The van der Waals surface area contributed by atoms with Gasteiger partial charge in [0, 0.05) is 39.1 Å². The van der Waals surface area contributed by atoms with Gasteiger partial charge in [0.2, 0.25) is 5.91 Å². The Balaban J connectivity index is 1.58. The third-order valence-corrected chi connectivity index (χ3v) is 6.35. The Kier molecular flexibility index (Phi) is 8.70. The Morgan fingerprint density at radius 1 is 1.13 bits per heavy atom. The summed E-state index contributed by atoms with van der Waals surface area (Å²) in [5.41, 5.74) is 0.711. The highest BCUT2D eigenvalue weighted by Gasteiger charge is 2.44. The lowest BCUT2D eigenvalue weighted by Crippen LogP contribution is -2.51. The standard InChI is InChI=1S/C24H36N2O4/c1-2-30-23(28)24(12-6-10-21-8-4-3-5-9-21)13-7-14-26(20-24)22(27)11-15-25-16-18-29-19-17-25/h3-5,8-9H,2,6-7,10-20H2,1H3. The number of hydrogen-bond donors (Lipinski definition) is 0. The van der Waals surface area contributed by atoms with E-state index >= 15 is 0 Å². The number of rotatable bonds is 9. The molecule has 2 aliphatic heterocycles. The zero-order valence-corrected chi connectivity index (χ0v) is 18.3. The summed E-state index contributed by atoms with van der Waals surface area (Å²) < 4.78 is 10.9. The van der Waals surface area contributed by atoms with Crippen LogP contribution in [-0.4, -0.2) is 74.2 Å². The van der Waals surface area contributed by atoms with Crippen LogP contribution in [-0.2, 0) is 25.5 Å².